The molecule has 0 unspecified atom stereocenters. The van der Waals surface area contributed by atoms with E-state index in [0.29, 0.717) is 5.69 Å². The summed E-state index contributed by atoms with van der Waals surface area (Å²) in [6.07, 6.45) is 0. The average Bonchev–Trinajstić information content (AvgIpc) is 3.02. The number of H-pyrrole nitrogens is 1. The second kappa shape index (κ2) is 6.67. The number of ether oxygens (including phenoxy) is 1. The van der Waals surface area contributed by atoms with E-state index in [4.69, 9.17) is 5.11 Å². The van der Waals surface area contributed by atoms with Crippen molar-refractivity contribution in [2.45, 2.75) is 6.04 Å². The van der Waals surface area contributed by atoms with Crippen LogP contribution in [-0.2, 0) is 9.53 Å². The Balaban J connectivity index is 2.11. The number of benzene rings is 1. The van der Waals surface area contributed by atoms with E-state index in [1.807, 2.05) is 30.3 Å². The first-order valence-corrected chi connectivity index (χ1v) is 6.26. The molecule has 1 amide bonds. The molecule has 2 aromatic rings. The third-order valence-corrected chi connectivity index (χ3v) is 2.87. The molecule has 1 aromatic heterocycles. The van der Waals surface area contributed by atoms with Crippen LogP contribution in [0.1, 0.15) is 10.5 Å². The lowest BCUT2D eigenvalue weighted by molar-refractivity contribution is -0.143. The van der Waals surface area contributed by atoms with Crippen LogP contribution in [0.15, 0.2) is 36.4 Å². The summed E-state index contributed by atoms with van der Waals surface area (Å²) in [5, 5.41) is 18.1. The van der Waals surface area contributed by atoms with Crippen molar-refractivity contribution in [2.24, 2.45) is 0 Å². The number of carbonyl (C=O) groups excluding carboxylic acids is 2. The summed E-state index contributed by atoms with van der Waals surface area (Å²) in [4.78, 5) is 23.3. The van der Waals surface area contributed by atoms with E-state index in [0.717, 1.165) is 5.56 Å². The number of hydrogen-bond donors (Lipinski definition) is 3. The third-order valence-electron chi connectivity index (χ3n) is 2.87. The van der Waals surface area contributed by atoms with Gasteiger partial charge in [0.15, 0.2) is 6.04 Å². The molecule has 0 aliphatic heterocycles. The maximum atomic E-state index is 12.0. The third kappa shape index (κ3) is 3.46. The Kier molecular flexibility index (Phi) is 4.68. The van der Waals surface area contributed by atoms with Gasteiger partial charge in [0.05, 0.1) is 19.4 Å². The molecule has 0 fully saturated rings. The number of nitrogens with one attached hydrogen (secondary N) is 2. The van der Waals surface area contributed by atoms with Crippen LogP contribution in [0.5, 0.6) is 0 Å². The summed E-state index contributed by atoms with van der Waals surface area (Å²) in [5.74, 6) is -1.26. The van der Waals surface area contributed by atoms with E-state index in [-0.39, 0.29) is 5.69 Å². The van der Waals surface area contributed by atoms with Gasteiger partial charge >= 0.3 is 5.97 Å². The Morgan fingerprint density at radius 1 is 1.38 bits per heavy atom. The smallest absolute Gasteiger partial charge is 0.330 e. The normalized spacial score (nSPS) is 11.7. The SMILES string of the molecule is COC(=O)[C@@H](CO)NC(=O)c1cc(-c2ccccc2)n[nH]1. The topological polar surface area (TPSA) is 104 Å². The van der Waals surface area contributed by atoms with Crippen LogP contribution in [0.3, 0.4) is 0 Å². The van der Waals surface area contributed by atoms with Gasteiger partial charge in [-0.2, -0.15) is 5.10 Å². The van der Waals surface area contributed by atoms with Crippen LogP contribution in [0.25, 0.3) is 11.3 Å². The molecule has 7 nitrogen and oxygen atoms in total. The average molecular weight is 289 g/mol. The molecule has 0 saturated carbocycles. The molecule has 0 aliphatic carbocycles. The minimum atomic E-state index is -1.11. The van der Waals surface area contributed by atoms with E-state index in [2.05, 4.69) is 20.3 Å². The van der Waals surface area contributed by atoms with Gasteiger partial charge in [0, 0.05) is 5.56 Å². The molecule has 3 N–H and O–H groups in total. The first kappa shape index (κ1) is 14.7. The summed E-state index contributed by atoms with van der Waals surface area (Å²) in [5.41, 5.74) is 1.66. The number of hydrogen-bond acceptors (Lipinski definition) is 5. The molecule has 1 heterocycles. The van der Waals surface area contributed by atoms with E-state index in [1.165, 1.54) is 7.11 Å². The zero-order chi connectivity index (χ0) is 15.2. The molecular weight excluding hydrogens is 274 g/mol. The van der Waals surface area contributed by atoms with Crippen LogP contribution in [0.2, 0.25) is 0 Å². The lowest BCUT2D eigenvalue weighted by atomic mass is 10.1. The monoisotopic (exact) mass is 289 g/mol. The fourth-order valence-corrected chi connectivity index (χ4v) is 1.75. The zero-order valence-corrected chi connectivity index (χ0v) is 11.4. The van der Waals surface area contributed by atoms with Gasteiger partial charge in [-0.25, -0.2) is 4.79 Å². The number of nitrogens with zero attached hydrogens (tertiary/aromatic N) is 1. The largest absolute Gasteiger partial charge is 0.467 e. The molecule has 2 rings (SSSR count). The Morgan fingerprint density at radius 2 is 2.10 bits per heavy atom. The van der Waals surface area contributed by atoms with E-state index >= 15 is 0 Å². The van der Waals surface area contributed by atoms with Crippen molar-refractivity contribution in [1.29, 1.82) is 0 Å². The molecule has 1 aromatic carbocycles. The predicted octanol–water partition coefficient (Wildman–Crippen LogP) is 0.340. The molecule has 0 radical (unpaired) electrons. The van der Waals surface area contributed by atoms with Gasteiger partial charge in [-0.05, 0) is 6.07 Å². The number of rotatable bonds is 5. The lowest BCUT2D eigenvalue weighted by Gasteiger charge is -2.12. The van der Waals surface area contributed by atoms with Gasteiger partial charge in [-0.15, -0.1) is 0 Å². The van der Waals surface area contributed by atoms with Crippen molar-refractivity contribution < 1.29 is 19.4 Å². The molecule has 0 spiro atoms. The number of aromatic nitrogens is 2. The molecule has 0 bridgehead atoms. The van der Waals surface area contributed by atoms with Gasteiger partial charge in [-0.3, -0.25) is 9.89 Å². The van der Waals surface area contributed by atoms with E-state index in [1.54, 1.807) is 6.07 Å². The molecule has 1 atom stereocenters. The number of amides is 1. The highest BCUT2D eigenvalue weighted by Gasteiger charge is 2.22. The van der Waals surface area contributed by atoms with Crippen LogP contribution in [0.4, 0.5) is 0 Å². The highest BCUT2D eigenvalue weighted by Crippen LogP contribution is 2.16. The quantitative estimate of drug-likeness (QED) is 0.689. The number of aliphatic hydroxyl groups excluding tert-OH is 1. The number of carbonyl (C=O) groups is 2. The zero-order valence-electron chi connectivity index (χ0n) is 11.4. The number of aromatic amines is 1. The highest BCUT2D eigenvalue weighted by molar-refractivity contribution is 5.96. The van der Waals surface area contributed by atoms with Crippen molar-refractivity contribution in [2.75, 3.05) is 13.7 Å². The first-order valence-electron chi connectivity index (χ1n) is 6.26. The fourth-order valence-electron chi connectivity index (χ4n) is 1.75. The van der Waals surface area contributed by atoms with Gasteiger partial charge in [0.25, 0.3) is 5.91 Å². The van der Waals surface area contributed by atoms with Crippen LogP contribution in [-0.4, -0.2) is 46.9 Å². The summed E-state index contributed by atoms with van der Waals surface area (Å²) in [7, 11) is 1.18. The second-order valence-corrected chi connectivity index (χ2v) is 4.26. The van der Waals surface area contributed by atoms with Gasteiger partial charge in [0.2, 0.25) is 0 Å². The van der Waals surface area contributed by atoms with Crippen LogP contribution in [0, 0.1) is 0 Å². The van der Waals surface area contributed by atoms with Crippen molar-refractivity contribution in [1.82, 2.24) is 15.5 Å². The van der Waals surface area contributed by atoms with E-state index in [9.17, 15) is 9.59 Å². The van der Waals surface area contributed by atoms with Crippen molar-refractivity contribution in [3.8, 4) is 11.3 Å². The van der Waals surface area contributed by atoms with Crippen molar-refractivity contribution >= 4 is 11.9 Å². The molecule has 0 saturated heterocycles. The molecular formula is C14H15N3O4. The lowest BCUT2D eigenvalue weighted by Crippen LogP contribution is -2.44. The minimum Gasteiger partial charge on any atom is -0.467 e. The molecule has 0 aliphatic rings. The van der Waals surface area contributed by atoms with Gasteiger partial charge in [0.1, 0.15) is 5.69 Å². The Bertz CT molecular complexity index is 624. The van der Waals surface area contributed by atoms with Crippen LogP contribution < -0.4 is 5.32 Å². The number of methoxy groups -OCH3 is 1. The Morgan fingerprint density at radius 3 is 2.71 bits per heavy atom. The summed E-state index contributed by atoms with van der Waals surface area (Å²) >= 11 is 0. The summed E-state index contributed by atoms with van der Waals surface area (Å²) in [6.45, 7) is -0.544. The van der Waals surface area contributed by atoms with Gasteiger partial charge in [-0.1, -0.05) is 30.3 Å². The first-order chi connectivity index (χ1) is 10.2. The highest BCUT2D eigenvalue weighted by atomic mass is 16.5. The summed E-state index contributed by atoms with van der Waals surface area (Å²) < 4.78 is 4.48. The van der Waals surface area contributed by atoms with Crippen LogP contribution >= 0.6 is 0 Å². The van der Waals surface area contributed by atoms with Gasteiger partial charge < -0.3 is 15.2 Å². The standard InChI is InChI=1S/C14H15N3O4/c1-21-14(20)12(8-18)15-13(19)11-7-10(16-17-11)9-5-3-2-4-6-9/h2-7,12,18H,8H2,1H3,(H,15,19)(H,16,17)/t12-/m1/s1. The Labute approximate surface area is 120 Å². The molecule has 21 heavy (non-hydrogen) atoms. The molecule has 110 valence electrons. The molecule has 7 heteroatoms. The van der Waals surface area contributed by atoms with Crippen molar-refractivity contribution in [3.05, 3.63) is 42.1 Å². The number of aliphatic hydroxyl groups is 1. The summed E-state index contributed by atoms with van der Waals surface area (Å²) in [6, 6.07) is 9.80. The fraction of sp³-hybridized carbons (Fsp3) is 0.214. The predicted molar refractivity (Wildman–Crippen MR) is 74.4 cm³/mol. The second-order valence-electron chi connectivity index (χ2n) is 4.26. The Hall–Kier alpha value is -2.67. The minimum absolute atomic E-state index is 0.191. The van der Waals surface area contributed by atoms with E-state index < -0.39 is 24.5 Å². The maximum absolute atomic E-state index is 12.0. The number of esters is 1. The maximum Gasteiger partial charge on any atom is 0.330 e. The van der Waals surface area contributed by atoms with Crippen molar-refractivity contribution in [3.63, 3.8) is 0 Å².